The summed E-state index contributed by atoms with van der Waals surface area (Å²) in [6.45, 7) is 3.63. The molecule has 0 saturated heterocycles. The second kappa shape index (κ2) is 5.72. The monoisotopic (exact) mass is 264 g/mol. The van der Waals surface area contributed by atoms with E-state index >= 15 is 0 Å². The van der Waals surface area contributed by atoms with Crippen LogP contribution in [0, 0.1) is 11.3 Å². The van der Waals surface area contributed by atoms with E-state index in [-0.39, 0.29) is 0 Å². The number of hydrogen-bond donors (Lipinski definition) is 1. The van der Waals surface area contributed by atoms with Crippen LogP contribution < -0.4 is 10.2 Å². The number of pyridine rings is 1. The summed E-state index contributed by atoms with van der Waals surface area (Å²) in [6.07, 6.45) is 1.70. The van der Waals surface area contributed by atoms with Gasteiger partial charge in [0, 0.05) is 38.1 Å². The summed E-state index contributed by atoms with van der Waals surface area (Å²) in [5.74, 6) is 0. The van der Waals surface area contributed by atoms with Crippen LogP contribution >= 0.6 is 0 Å². The molecular formula is C16H16N4. The van der Waals surface area contributed by atoms with Crippen LogP contribution in [-0.4, -0.2) is 18.1 Å². The number of anilines is 1. The van der Waals surface area contributed by atoms with Crippen LogP contribution in [0.1, 0.15) is 16.8 Å². The Kier molecular flexibility index (Phi) is 3.62. The van der Waals surface area contributed by atoms with E-state index in [2.05, 4.69) is 45.5 Å². The van der Waals surface area contributed by atoms with Gasteiger partial charge in [-0.2, -0.15) is 5.26 Å². The predicted octanol–water partition coefficient (Wildman–Crippen LogP) is 2.06. The van der Waals surface area contributed by atoms with E-state index in [1.807, 2.05) is 12.1 Å². The first-order valence-corrected chi connectivity index (χ1v) is 6.75. The minimum absolute atomic E-state index is 0.476. The maximum atomic E-state index is 8.93. The minimum atomic E-state index is 0.476. The van der Waals surface area contributed by atoms with Gasteiger partial charge in [0.1, 0.15) is 11.8 Å². The van der Waals surface area contributed by atoms with Crippen LogP contribution in [0.4, 0.5) is 5.69 Å². The Balaban J connectivity index is 1.88. The van der Waals surface area contributed by atoms with Gasteiger partial charge in [0.05, 0.1) is 0 Å². The third kappa shape index (κ3) is 2.63. The lowest BCUT2D eigenvalue weighted by Crippen LogP contribution is -2.28. The third-order valence-corrected chi connectivity index (χ3v) is 3.52. The largest absolute Gasteiger partial charge is 0.366 e. The van der Waals surface area contributed by atoms with Gasteiger partial charge in [-0.25, -0.2) is 4.98 Å². The Labute approximate surface area is 118 Å². The van der Waals surface area contributed by atoms with E-state index < -0.39 is 0 Å². The van der Waals surface area contributed by atoms with E-state index in [9.17, 15) is 0 Å². The van der Waals surface area contributed by atoms with Crippen molar-refractivity contribution in [2.75, 3.05) is 18.0 Å². The number of fused-ring (bicyclic) bond motifs is 1. The topological polar surface area (TPSA) is 52.0 Å². The highest BCUT2D eigenvalue weighted by atomic mass is 15.2. The van der Waals surface area contributed by atoms with Crippen molar-refractivity contribution < 1.29 is 0 Å². The van der Waals surface area contributed by atoms with Gasteiger partial charge in [-0.1, -0.05) is 18.2 Å². The van der Waals surface area contributed by atoms with Crippen molar-refractivity contribution in [1.29, 1.82) is 5.26 Å². The van der Waals surface area contributed by atoms with Gasteiger partial charge in [-0.15, -0.1) is 0 Å². The summed E-state index contributed by atoms with van der Waals surface area (Å²) in [7, 11) is 0. The van der Waals surface area contributed by atoms with E-state index in [1.165, 1.54) is 11.3 Å². The lowest BCUT2D eigenvalue weighted by Gasteiger charge is -2.24. The number of nitriles is 1. The Hall–Kier alpha value is -2.38. The number of benzene rings is 1. The number of hydrogen-bond acceptors (Lipinski definition) is 4. The molecule has 0 radical (unpaired) electrons. The second-order valence-corrected chi connectivity index (χ2v) is 4.89. The van der Waals surface area contributed by atoms with Crippen molar-refractivity contribution in [1.82, 2.24) is 10.3 Å². The number of nitrogens with zero attached hydrogens (tertiary/aromatic N) is 3. The van der Waals surface area contributed by atoms with Crippen molar-refractivity contribution in [3.63, 3.8) is 0 Å². The fraction of sp³-hybridized carbons (Fsp3) is 0.250. The molecule has 0 atom stereocenters. The smallest absolute Gasteiger partial charge is 0.140 e. The van der Waals surface area contributed by atoms with Crippen LogP contribution in [0.5, 0.6) is 0 Å². The number of nitrogens with one attached hydrogen (secondary N) is 1. The SMILES string of the molecule is N#Cc1cc(CN2CCNCc3ccccc32)ccn1. The molecule has 2 aromatic rings. The van der Waals surface area contributed by atoms with Crippen LogP contribution in [0.25, 0.3) is 0 Å². The Bertz CT molecular complexity index is 645. The molecule has 0 amide bonds. The van der Waals surface area contributed by atoms with Crippen LogP contribution in [0.15, 0.2) is 42.6 Å². The summed E-state index contributed by atoms with van der Waals surface area (Å²) in [5, 5.41) is 12.4. The predicted molar refractivity (Wildman–Crippen MR) is 78.2 cm³/mol. The maximum Gasteiger partial charge on any atom is 0.140 e. The van der Waals surface area contributed by atoms with Crippen molar-refractivity contribution >= 4 is 5.69 Å². The fourth-order valence-corrected chi connectivity index (χ4v) is 2.54. The number of para-hydroxylation sites is 1. The molecule has 0 spiro atoms. The molecule has 4 nitrogen and oxygen atoms in total. The van der Waals surface area contributed by atoms with Crippen molar-refractivity contribution in [2.24, 2.45) is 0 Å². The zero-order valence-electron chi connectivity index (χ0n) is 11.2. The van der Waals surface area contributed by atoms with E-state index in [1.54, 1.807) is 6.20 Å². The average molecular weight is 264 g/mol. The van der Waals surface area contributed by atoms with E-state index in [4.69, 9.17) is 5.26 Å². The summed E-state index contributed by atoms with van der Waals surface area (Å²) in [6, 6.07) is 14.4. The van der Waals surface area contributed by atoms with Crippen molar-refractivity contribution in [3.05, 3.63) is 59.4 Å². The van der Waals surface area contributed by atoms with Crippen LogP contribution in [-0.2, 0) is 13.1 Å². The van der Waals surface area contributed by atoms with Gasteiger partial charge < -0.3 is 10.2 Å². The third-order valence-electron chi connectivity index (χ3n) is 3.52. The molecule has 1 aliphatic rings. The van der Waals surface area contributed by atoms with E-state index in [0.29, 0.717) is 5.69 Å². The van der Waals surface area contributed by atoms with Crippen molar-refractivity contribution in [2.45, 2.75) is 13.1 Å². The maximum absolute atomic E-state index is 8.93. The average Bonchev–Trinajstić information content (AvgIpc) is 2.70. The lowest BCUT2D eigenvalue weighted by atomic mass is 10.1. The number of rotatable bonds is 2. The highest BCUT2D eigenvalue weighted by Gasteiger charge is 2.14. The normalized spacial score (nSPS) is 14.2. The summed E-state index contributed by atoms with van der Waals surface area (Å²) >= 11 is 0. The minimum Gasteiger partial charge on any atom is -0.366 e. The molecule has 0 bridgehead atoms. The molecule has 4 heteroatoms. The molecule has 0 fully saturated rings. The Morgan fingerprint density at radius 1 is 1.30 bits per heavy atom. The molecule has 1 aliphatic heterocycles. The molecule has 1 N–H and O–H groups in total. The molecule has 20 heavy (non-hydrogen) atoms. The molecule has 100 valence electrons. The van der Waals surface area contributed by atoms with Crippen LogP contribution in [0.3, 0.4) is 0 Å². The van der Waals surface area contributed by atoms with Gasteiger partial charge in [-0.3, -0.25) is 0 Å². The highest BCUT2D eigenvalue weighted by molar-refractivity contribution is 5.54. The molecule has 0 unspecified atom stereocenters. The first-order chi connectivity index (χ1) is 9.86. The van der Waals surface area contributed by atoms with Gasteiger partial charge in [-0.05, 0) is 29.3 Å². The summed E-state index contributed by atoms with van der Waals surface area (Å²) in [5.41, 5.74) is 4.18. The quantitative estimate of drug-likeness (QED) is 0.902. The standard InChI is InChI=1S/C16H16N4/c17-10-15-9-13(5-6-19-15)12-20-8-7-18-11-14-3-1-2-4-16(14)20/h1-6,9,18H,7-8,11-12H2. The fourth-order valence-electron chi connectivity index (χ4n) is 2.54. The Morgan fingerprint density at radius 3 is 3.10 bits per heavy atom. The summed E-state index contributed by atoms with van der Waals surface area (Å²) < 4.78 is 0. The molecule has 0 saturated carbocycles. The molecule has 1 aromatic heterocycles. The molecule has 1 aromatic carbocycles. The molecule has 0 aliphatic carbocycles. The molecule has 2 heterocycles. The van der Waals surface area contributed by atoms with Gasteiger partial charge in [0.25, 0.3) is 0 Å². The van der Waals surface area contributed by atoms with Gasteiger partial charge in [0.15, 0.2) is 0 Å². The second-order valence-electron chi connectivity index (χ2n) is 4.89. The molecular weight excluding hydrogens is 248 g/mol. The highest BCUT2D eigenvalue weighted by Crippen LogP contribution is 2.23. The first-order valence-electron chi connectivity index (χ1n) is 6.75. The van der Waals surface area contributed by atoms with Gasteiger partial charge in [0.2, 0.25) is 0 Å². The first kappa shape index (κ1) is 12.6. The number of aromatic nitrogens is 1. The zero-order chi connectivity index (χ0) is 13.8. The summed E-state index contributed by atoms with van der Waals surface area (Å²) in [4.78, 5) is 6.37. The molecule has 3 rings (SSSR count). The van der Waals surface area contributed by atoms with E-state index in [0.717, 1.165) is 31.7 Å². The zero-order valence-corrected chi connectivity index (χ0v) is 11.2. The Morgan fingerprint density at radius 2 is 2.20 bits per heavy atom. The van der Waals surface area contributed by atoms with Crippen LogP contribution in [0.2, 0.25) is 0 Å². The van der Waals surface area contributed by atoms with Crippen molar-refractivity contribution in [3.8, 4) is 6.07 Å². The van der Waals surface area contributed by atoms with Gasteiger partial charge >= 0.3 is 0 Å². The lowest BCUT2D eigenvalue weighted by molar-refractivity contribution is 0.688.